The summed E-state index contributed by atoms with van der Waals surface area (Å²) in [5, 5.41) is 12.2. The van der Waals surface area contributed by atoms with Crippen molar-refractivity contribution in [1.82, 2.24) is 9.97 Å². The van der Waals surface area contributed by atoms with Crippen molar-refractivity contribution >= 4 is 11.6 Å². The quantitative estimate of drug-likeness (QED) is 0.671. The predicted molar refractivity (Wildman–Crippen MR) is 79.8 cm³/mol. The summed E-state index contributed by atoms with van der Waals surface area (Å²) < 4.78 is 0. The zero-order valence-electron chi connectivity index (χ0n) is 12.3. The van der Waals surface area contributed by atoms with E-state index in [0.29, 0.717) is 0 Å². The molecule has 0 unspecified atom stereocenters. The third-order valence-electron chi connectivity index (χ3n) is 2.95. The standard InChI is InChI=1S/C14H26N4O/c1-4-5-6-8-15-13-11-14(17-12(2)16-13)18(3)9-7-10-19/h11,19H,4-10H2,1-3H3,(H,15,16,17). The monoisotopic (exact) mass is 266 g/mol. The molecule has 0 atom stereocenters. The van der Waals surface area contributed by atoms with Gasteiger partial charge in [0.15, 0.2) is 0 Å². The molecule has 0 fully saturated rings. The van der Waals surface area contributed by atoms with Gasteiger partial charge in [0.2, 0.25) is 0 Å². The first-order chi connectivity index (χ1) is 9.17. The maximum atomic E-state index is 8.87. The third-order valence-corrected chi connectivity index (χ3v) is 2.95. The van der Waals surface area contributed by atoms with E-state index in [1.165, 1.54) is 12.8 Å². The van der Waals surface area contributed by atoms with Gasteiger partial charge in [0.05, 0.1) is 0 Å². The molecule has 108 valence electrons. The molecule has 0 radical (unpaired) electrons. The molecule has 0 bridgehead atoms. The Labute approximate surface area is 116 Å². The minimum absolute atomic E-state index is 0.205. The molecule has 2 N–H and O–H groups in total. The highest BCUT2D eigenvalue weighted by atomic mass is 16.3. The van der Waals surface area contributed by atoms with Gasteiger partial charge in [-0.3, -0.25) is 0 Å². The van der Waals surface area contributed by atoms with Gasteiger partial charge >= 0.3 is 0 Å². The maximum absolute atomic E-state index is 8.87. The summed E-state index contributed by atoms with van der Waals surface area (Å²) in [6.07, 6.45) is 4.37. The van der Waals surface area contributed by atoms with Crippen LogP contribution < -0.4 is 10.2 Å². The lowest BCUT2D eigenvalue weighted by Gasteiger charge is -2.18. The van der Waals surface area contributed by atoms with Gasteiger partial charge in [-0.05, 0) is 19.8 Å². The van der Waals surface area contributed by atoms with Crippen LogP contribution in [0.5, 0.6) is 0 Å². The number of rotatable bonds is 9. The number of nitrogens with zero attached hydrogens (tertiary/aromatic N) is 3. The molecule has 1 aromatic rings. The van der Waals surface area contributed by atoms with Crippen molar-refractivity contribution < 1.29 is 5.11 Å². The fourth-order valence-corrected chi connectivity index (χ4v) is 1.85. The number of aromatic nitrogens is 2. The summed E-state index contributed by atoms with van der Waals surface area (Å²) in [6, 6.07) is 1.97. The number of nitrogens with one attached hydrogen (secondary N) is 1. The number of hydrogen-bond donors (Lipinski definition) is 2. The van der Waals surface area contributed by atoms with Gasteiger partial charge in [0.25, 0.3) is 0 Å². The predicted octanol–water partition coefficient (Wildman–Crippen LogP) is 2.21. The van der Waals surface area contributed by atoms with Crippen LogP contribution in [-0.2, 0) is 0 Å². The molecule has 5 nitrogen and oxygen atoms in total. The van der Waals surface area contributed by atoms with Crippen LogP contribution in [0.3, 0.4) is 0 Å². The highest BCUT2D eigenvalue weighted by molar-refractivity contribution is 5.48. The van der Waals surface area contributed by atoms with Gasteiger partial charge in [-0.2, -0.15) is 0 Å². The molecule has 0 aromatic carbocycles. The Morgan fingerprint density at radius 3 is 2.74 bits per heavy atom. The molecule has 0 amide bonds. The van der Waals surface area contributed by atoms with Crippen LogP contribution in [0.15, 0.2) is 6.07 Å². The van der Waals surface area contributed by atoms with Crippen LogP contribution in [0.1, 0.15) is 38.4 Å². The van der Waals surface area contributed by atoms with Crippen LogP contribution in [0, 0.1) is 6.92 Å². The minimum Gasteiger partial charge on any atom is -0.396 e. The van der Waals surface area contributed by atoms with Crippen molar-refractivity contribution in [2.24, 2.45) is 0 Å². The van der Waals surface area contributed by atoms with E-state index in [0.717, 1.165) is 43.4 Å². The maximum Gasteiger partial charge on any atom is 0.134 e. The van der Waals surface area contributed by atoms with E-state index in [1.807, 2.05) is 24.9 Å². The van der Waals surface area contributed by atoms with Gasteiger partial charge in [-0.1, -0.05) is 19.8 Å². The molecule has 0 saturated heterocycles. The lowest BCUT2D eigenvalue weighted by molar-refractivity contribution is 0.290. The van der Waals surface area contributed by atoms with Gasteiger partial charge < -0.3 is 15.3 Å². The van der Waals surface area contributed by atoms with Gasteiger partial charge in [0.1, 0.15) is 17.5 Å². The molecule has 19 heavy (non-hydrogen) atoms. The van der Waals surface area contributed by atoms with Crippen LogP contribution >= 0.6 is 0 Å². The van der Waals surface area contributed by atoms with E-state index < -0.39 is 0 Å². The van der Waals surface area contributed by atoms with E-state index in [9.17, 15) is 0 Å². The summed E-state index contributed by atoms with van der Waals surface area (Å²) in [4.78, 5) is 10.9. The first-order valence-electron chi connectivity index (χ1n) is 7.09. The van der Waals surface area contributed by atoms with Crippen LogP contribution in [0.25, 0.3) is 0 Å². The van der Waals surface area contributed by atoms with E-state index in [4.69, 9.17) is 5.11 Å². The first-order valence-corrected chi connectivity index (χ1v) is 7.09. The van der Waals surface area contributed by atoms with Crippen molar-refractivity contribution in [3.8, 4) is 0 Å². The van der Waals surface area contributed by atoms with Crippen molar-refractivity contribution in [3.63, 3.8) is 0 Å². The molecule has 1 aromatic heterocycles. The smallest absolute Gasteiger partial charge is 0.134 e. The van der Waals surface area contributed by atoms with Crippen LogP contribution in [-0.4, -0.2) is 41.8 Å². The summed E-state index contributed by atoms with van der Waals surface area (Å²) in [6.45, 7) is 6.05. The number of hydrogen-bond acceptors (Lipinski definition) is 5. The molecule has 0 saturated carbocycles. The SMILES string of the molecule is CCCCCNc1cc(N(C)CCCO)nc(C)n1. The van der Waals surface area contributed by atoms with Crippen molar-refractivity contribution in [3.05, 3.63) is 11.9 Å². The second-order valence-corrected chi connectivity index (χ2v) is 4.79. The largest absolute Gasteiger partial charge is 0.396 e. The molecular weight excluding hydrogens is 240 g/mol. The van der Waals surface area contributed by atoms with E-state index in [2.05, 4.69) is 22.2 Å². The molecule has 1 rings (SSSR count). The summed E-state index contributed by atoms with van der Waals surface area (Å²) in [5.41, 5.74) is 0. The van der Waals surface area contributed by atoms with Crippen LogP contribution in [0.2, 0.25) is 0 Å². The number of aliphatic hydroxyl groups excluding tert-OH is 1. The Hall–Kier alpha value is -1.36. The van der Waals surface area contributed by atoms with E-state index in [1.54, 1.807) is 0 Å². The molecule has 1 heterocycles. The van der Waals surface area contributed by atoms with Crippen molar-refractivity contribution in [2.45, 2.75) is 39.5 Å². The Kier molecular flexibility index (Phi) is 7.18. The third kappa shape index (κ3) is 5.87. The lowest BCUT2D eigenvalue weighted by atomic mass is 10.2. The van der Waals surface area contributed by atoms with E-state index in [-0.39, 0.29) is 6.61 Å². The Morgan fingerprint density at radius 1 is 1.26 bits per heavy atom. The topological polar surface area (TPSA) is 61.3 Å². The molecular formula is C14H26N4O. The molecule has 0 spiro atoms. The minimum atomic E-state index is 0.205. The molecule has 0 aliphatic carbocycles. The second kappa shape index (κ2) is 8.69. The lowest BCUT2D eigenvalue weighted by Crippen LogP contribution is -2.21. The number of aryl methyl sites for hydroxylation is 1. The number of anilines is 2. The summed E-state index contributed by atoms with van der Waals surface area (Å²) >= 11 is 0. The van der Waals surface area contributed by atoms with Crippen LogP contribution in [0.4, 0.5) is 11.6 Å². The number of unbranched alkanes of at least 4 members (excludes halogenated alkanes) is 2. The fraction of sp³-hybridized carbons (Fsp3) is 0.714. The average molecular weight is 266 g/mol. The average Bonchev–Trinajstić information content (AvgIpc) is 2.40. The first kappa shape index (κ1) is 15.7. The Bertz CT molecular complexity index is 370. The van der Waals surface area contributed by atoms with Crippen molar-refractivity contribution in [2.75, 3.05) is 37.0 Å². The highest BCUT2D eigenvalue weighted by Gasteiger charge is 2.06. The molecule has 0 aliphatic rings. The molecule has 0 aliphatic heterocycles. The normalized spacial score (nSPS) is 10.5. The Morgan fingerprint density at radius 2 is 2.05 bits per heavy atom. The van der Waals surface area contributed by atoms with Crippen molar-refractivity contribution in [1.29, 1.82) is 0 Å². The molecule has 5 heteroatoms. The highest BCUT2D eigenvalue weighted by Crippen LogP contribution is 2.15. The van der Waals surface area contributed by atoms with Gasteiger partial charge in [-0.25, -0.2) is 9.97 Å². The zero-order valence-corrected chi connectivity index (χ0v) is 12.3. The Balaban J connectivity index is 2.60. The van der Waals surface area contributed by atoms with Gasteiger partial charge in [-0.15, -0.1) is 0 Å². The summed E-state index contributed by atoms with van der Waals surface area (Å²) in [7, 11) is 1.98. The number of aliphatic hydroxyl groups is 1. The van der Waals surface area contributed by atoms with Gasteiger partial charge in [0, 0.05) is 32.8 Å². The fourth-order valence-electron chi connectivity index (χ4n) is 1.85. The van der Waals surface area contributed by atoms with E-state index >= 15 is 0 Å². The zero-order chi connectivity index (χ0) is 14.1. The summed E-state index contributed by atoms with van der Waals surface area (Å²) in [5.74, 6) is 2.56. The second-order valence-electron chi connectivity index (χ2n) is 4.79.